The molecule has 1 saturated heterocycles. The molecule has 0 radical (unpaired) electrons. The second-order valence-electron chi connectivity index (χ2n) is 10.1. The third kappa shape index (κ3) is 6.63. The molecule has 1 aromatic carbocycles. The van der Waals surface area contributed by atoms with Crippen molar-refractivity contribution in [3.63, 3.8) is 0 Å². The minimum Gasteiger partial charge on any atom is -0.481 e. The number of carbonyl (C=O) groups is 1. The topological polar surface area (TPSA) is 101 Å². The number of likely N-dealkylation sites (tertiary alicyclic amines) is 1. The monoisotopic (exact) mass is 512 g/mol. The van der Waals surface area contributed by atoms with Gasteiger partial charge in [0.1, 0.15) is 11.6 Å². The first-order valence-corrected chi connectivity index (χ1v) is 13.5. The van der Waals surface area contributed by atoms with Gasteiger partial charge < -0.3 is 14.5 Å². The maximum Gasteiger partial charge on any atom is 0.303 e. The van der Waals surface area contributed by atoms with Gasteiger partial charge in [-0.1, -0.05) is 18.5 Å². The van der Waals surface area contributed by atoms with Crippen LogP contribution in [0.5, 0.6) is 0 Å². The number of carboxylic acid groups (broad SMARTS) is 1. The largest absolute Gasteiger partial charge is 0.481 e. The van der Waals surface area contributed by atoms with Crippen LogP contribution in [-0.2, 0) is 24.2 Å². The lowest BCUT2D eigenvalue weighted by Gasteiger charge is -2.31. The summed E-state index contributed by atoms with van der Waals surface area (Å²) in [5.74, 6) is 0.281. The molecule has 37 heavy (non-hydrogen) atoms. The van der Waals surface area contributed by atoms with E-state index in [0.29, 0.717) is 17.9 Å². The van der Waals surface area contributed by atoms with Crippen LogP contribution in [-0.4, -0.2) is 50.3 Å². The lowest BCUT2D eigenvalue weighted by molar-refractivity contribution is -0.137. The molecule has 1 fully saturated rings. The van der Waals surface area contributed by atoms with Crippen LogP contribution in [0.15, 0.2) is 27.5 Å². The van der Waals surface area contributed by atoms with Gasteiger partial charge in [-0.3, -0.25) is 14.2 Å². The third-order valence-electron chi connectivity index (χ3n) is 7.44. The van der Waals surface area contributed by atoms with Crippen molar-refractivity contribution in [3.8, 4) is 0 Å². The molecule has 8 nitrogen and oxygen atoms in total. The summed E-state index contributed by atoms with van der Waals surface area (Å²) in [5, 5.41) is 13.2. The van der Waals surface area contributed by atoms with E-state index in [1.165, 1.54) is 12.1 Å². The van der Waals surface area contributed by atoms with E-state index in [0.717, 1.165) is 106 Å². The quantitative estimate of drug-likeness (QED) is 0.483. The zero-order chi connectivity index (χ0) is 26.4. The van der Waals surface area contributed by atoms with Crippen LogP contribution in [0, 0.1) is 12.7 Å². The van der Waals surface area contributed by atoms with Crippen LogP contribution in [0.25, 0.3) is 11.0 Å². The highest BCUT2D eigenvalue weighted by atomic mass is 19.1. The number of nitrogens with zero attached hydrogens (tertiary/aromatic N) is 4. The van der Waals surface area contributed by atoms with E-state index >= 15 is 0 Å². The number of aliphatic carboxylic acids is 1. The smallest absolute Gasteiger partial charge is 0.303 e. The summed E-state index contributed by atoms with van der Waals surface area (Å²) in [4.78, 5) is 29.8. The summed E-state index contributed by atoms with van der Waals surface area (Å²) in [5.41, 5.74) is 3.38. The lowest BCUT2D eigenvalue weighted by Crippen LogP contribution is -2.37. The van der Waals surface area contributed by atoms with Crippen LogP contribution in [0.3, 0.4) is 0 Å². The molecule has 0 aliphatic carbocycles. The highest BCUT2D eigenvalue weighted by Gasteiger charge is 2.25. The fourth-order valence-electron chi connectivity index (χ4n) is 5.27. The number of hydrogen-bond acceptors (Lipinski definition) is 6. The second kappa shape index (κ2) is 12.4. The maximum atomic E-state index is 13.4. The first-order valence-electron chi connectivity index (χ1n) is 13.5. The molecule has 0 atom stereocenters. The molecular weight excluding hydrogens is 475 g/mol. The number of piperidine rings is 1. The van der Waals surface area contributed by atoms with Gasteiger partial charge in [-0.05, 0) is 70.7 Å². The Morgan fingerprint density at radius 1 is 1.22 bits per heavy atom. The van der Waals surface area contributed by atoms with Crippen molar-refractivity contribution < 1.29 is 18.8 Å². The zero-order valence-electron chi connectivity index (χ0n) is 21.8. The van der Waals surface area contributed by atoms with E-state index in [1.54, 1.807) is 6.07 Å². The molecule has 200 valence electrons. The summed E-state index contributed by atoms with van der Waals surface area (Å²) in [7, 11) is 0. The molecule has 2 aromatic heterocycles. The molecule has 9 heteroatoms. The average Bonchev–Trinajstić information content (AvgIpc) is 3.31. The molecule has 0 amide bonds. The van der Waals surface area contributed by atoms with Gasteiger partial charge in [0.05, 0.1) is 5.69 Å². The standard InChI is InChI=1S/C23H27FN4O2.C5H10O2/c1-15-18(23(29)28-10-3-2-4-21(28)25-15)9-13-27-11-7-16(8-12-27)22-19-6-5-17(24)14-20(19)30-26-22;1-2-3-4-5(6)7/h5-6,14,16H,2-4,7-13H2,1H3;2-4H2,1H3,(H,6,7). The fraction of sp³-hybridized carbons (Fsp3) is 0.571. The van der Waals surface area contributed by atoms with Crippen molar-refractivity contribution in [2.75, 3.05) is 19.6 Å². The van der Waals surface area contributed by atoms with Gasteiger partial charge in [-0.2, -0.15) is 0 Å². The summed E-state index contributed by atoms with van der Waals surface area (Å²) in [6, 6.07) is 4.63. The number of halogens is 1. The highest BCUT2D eigenvalue weighted by Crippen LogP contribution is 2.32. The van der Waals surface area contributed by atoms with Gasteiger partial charge >= 0.3 is 5.97 Å². The number of carboxylic acids is 1. The van der Waals surface area contributed by atoms with Crippen molar-refractivity contribution in [3.05, 3.63) is 57.1 Å². The van der Waals surface area contributed by atoms with E-state index in [-0.39, 0.29) is 11.4 Å². The van der Waals surface area contributed by atoms with Crippen LogP contribution in [0.1, 0.15) is 80.6 Å². The van der Waals surface area contributed by atoms with Crippen LogP contribution < -0.4 is 5.56 Å². The molecule has 2 aliphatic heterocycles. The SMILES string of the molecule is CCCCC(=O)O.Cc1nc2n(c(=O)c1CCN1CCC(c3noc4cc(F)ccc34)CC1)CCCC2. The minimum atomic E-state index is -0.693. The fourth-order valence-corrected chi connectivity index (χ4v) is 5.27. The van der Waals surface area contributed by atoms with Gasteiger partial charge in [0.2, 0.25) is 0 Å². The molecule has 3 aromatic rings. The lowest BCUT2D eigenvalue weighted by atomic mass is 9.91. The summed E-state index contributed by atoms with van der Waals surface area (Å²) in [6.07, 6.45) is 7.89. The molecule has 0 saturated carbocycles. The number of benzene rings is 1. The van der Waals surface area contributed by atoms with Crippen molar-refractivity contribution >= 4 is 16.9 Å². The van der Waals surface area contributed by atoms with E-state index in [1.807, 2.05) is 18.4 Å². The van der Waals surface area contributed by atoms with Crippen molar-refractivity contribution in [1.82, 2.24) is 19.6 Å². The Labute approximate surface area is 216 Å². The summed E-state index contributed by atoms with van der Waals surface area (Å²) in [6.45, 7) is 7.53. The molecule has 0 unspecified atom stereocenters. The first-order chi connectivity index (χ1) is 17.9. The molecule has 2 aliphatic rings. The van der Waals surface area contributed by atoms with Gasteiger partial charge in [-0.25, -0.2) is 9.37 Å². The summed E-state index contributed by atoms with van der Waals surface area (Å²) >= 11 is 0. The molecular formula is C28H37FN4O4. The normalized spacial score (nSPS) is 16.3. The average molecular weight is 513 g/mol. The molecule has 4 heterocycles. The number of aromatic nitrogens is 3. The Morgan fingerprint density at radius 2 is 2.00 bits per heavy atom. The Morgan fingerprint density at radius 3 is 2.70 bits per heavy atom. The Kier molecular flexibility index (Phi) is 9.08. The molecule has 0 bridgehead atoms. The predicted molar refractivity (Wildman–Crippen MR) is 139 cm³/mol. The van der Waals surface area contributed by atoms with Gasteiger partial charge in [0.15, 0.2) is 5.58 Å². The van der Waals surface area contributed by atoms with Gasteiger partial charge in [-0.15, -0.1) is 0 Å². The van der Waals surface area contributed by atoms with E-state index in [4.69, 9.17) is 14.6 Å². The van der Waals surface area contributed by atoms with Crippen molar-refractivity contribution in [2.24, 2.45) is 0 Å². The van der Waals surface area contributed by atoms with Crippen molar-refractivity contribution in [2.45, 2.75) is 84.1 Å². The molecule has 0 spiro atoms. The van der Waals surface area contributed by atoms with Crippen molar-refractivity contribution in [1.29, 1.82) is 0 Å². The minimum absolute atomic E-state index is 0.161. The number of unbranched alkanes of at least 4 members (excludes halogenated alkanes) is 1. The van der Waals surface area contributed by atoms with Gasteiger partial charge in [0, 0.05) is 54.6 Å². The Balaban J connectivity index is 0.000000405. The Bertz CT molecular complexity index is 1280. The van der Waals surface area contributed by atoms with Crippen LogP contribution >= 0.6 is 0 Å². The Hall–Kier alpha value is -3.07. The number of fused-ring (bicyclic) bond motifs is 2. The van der Waals surface area contributed by atoms with E-state index in [9.17, 15) is 14.0 Å². The van der Waals surface area contributed by atoms with E-state index < -0.39 is 5.97 Å². The number of aryl methyl sites for hydroxylation is 2. The summed E-state index contributed by atoms with van der Waals surface area (Å²) < 4.78 is 20.6. The maximum absolute atomic E-state index is 13.4. The predicted octanol–water partition coefficient (Wildman–Crippen LogP) is 4.85. The second-order valence-corrected chi connectivity index (χ2v) is 10.1. The third-order valence-corrected chi connectivity index (χ3v) is 7.44. The zero-order valence-corrected chi connectivity index (χ0v) is 21.8. The van der Waals surface area contributed by atoms with Gasteiger partial charge in [0.25, 0.3) is 5.56 Å². The highest BCUT2D eigenvalue weighted by molar-refractivity contribution is 5.79. The van der Waals surface area contributed by atoms with E-state index in [2.05, 4.69) is 10.1 Å². The first kappa shape index (κ1) is 27.0. The number of hydrogen-bond donors (Lipinski definition) is 1. The molecule has 5 rings (SSSR count). The van der Waals surface area contributed by atoms with Crippen LogP contribution in [0.4, 0.5) is 4.39 Å². The number of rotatable bonds is 7. The van der Waals surface area contributed by atoms with Crippen LogP contribution in [0.2, 0.25) is 0 Å². The molecule has 1 N–H and O–H groups in total.